The van der Waals surface area contributed by atoms with E-state index in [0.29, 0.717) is 8.87 Å². The summed E-state index contributed by atoms with van der Waals surface area (Å²) in [5.41, 5.74) is 0. The van der Waals surface area contributed by atoms with Gasteiger partial charge >= 0.3 is 152 Å². The van der Waals surface area contributed by atoms with E-state index in [4.69, 9.17) is 27.3 Å². The van der Waals surface area contributed by atoms with Crippen LogP contribution in [0.1, 0.15) is 52.4 Å². The molecule has 0 radical (unpaired) electrons. The van der Waals surface area contributed by atoms with Crippen molar-refractivity contribution in [1.82, 2.24) is 0 Å². The van der Waals surface area contributed by atoms with Crippen LogP contribution < -0.4 is 0 Å². The predicted octanol–water partition coefficient (Wildman–Crippen LogP) is 4.87. The average Bonchev–Trinajstić information content (AvgIpc) is 2.53. The van der Waals surface area contributed by atoms with Gasteiger partial charge in [-0.05, 0) is 0 Å². The van der Waals surface area contributed by atoms with Gasteiger partial charge in [-0.25, -0.2) is 0 Å². The van der Waals surface area contributed by atoms with E-state index in [1.54, 1.807) is 0 Å². The standard InChI is InChI=1S/2C8H15O2.2ClH.Sn/c2*1-4-5-6-7(2)8(9)10-3;;;/h2*7H,2,4-6H2,1,3H3;2*1H;/q;;;;+2/p-2. The Morgan fingerprint density at radius 2 is 1.22 bits per heavy atom. The van der Waals surface area contributed by atoms with Crippen LogP contribution in [0.3, 0.4) is 0 Å². The zero-order valence-electron chi connectivity index (χ0n) is 14.7. The summed E-state index contributed by atoms with van der Waals surface area (Å²) in [6.45, 7) is 4.15. The Kier molecular flexibility index (Phi) is 12.8. The third-order valence-electron chi connectivity index (χ3n) is 3.97. The molecule has 2 atom stereocenters. The van der Waals surface area contributed by atoms with E-state index < -0.39 is 16.1 Å². The van der Waals surface area contributed by atoms with Crippen molar-refractivity contribution in [2.75, 3.05) is 14.2 Å². The first-order valence-electron chi connectivity index (χ1n) is 8.34. The first-order chi connectivity index (χ1) is 10.8. The van der Waals surface area contributed by atoms with Crippen LogP contribution in [0.15, 0.2) is 0 Å². The number of rotatable bonds is 12. The van der Waals surface area contributed by atoms with E-state index in [-0.39, 0.29) is 23.8 Å². The number of ether oxygens (including phenoxy) is 2. The molecule has 2 unspecified atom stereocenters. The summed E-state index contributed by atoms with van der Waals surface area (Å²) in [6, 6.07) is 0. The SMILES string of the molecule is CCCCC([CH2][Sn]([Cl])([Cl])[CH2]C(CCCC)C(=O)OC)C(=O)OC. The summed E-state index contributed by atoms with van der Waals surface area (Å²) < 4.78 is 10.7. The van der Waals surface area contributed by atoms with Crippen LogP contribution in [-0.2, 0) is 19.1 Å². The molecule has 0 N–H and O–H groups in total. The van der Waals surface area contributed by atoms with E-state index in [9.17, 15) is 9.59 Å². The summed E-state index contributed by atoms with van der Waals surface area (Å²) >= 11 is -3.56. The summed E-state index contributed by atoms with van der Waals surface area (Å²) in [5, 5.41) is 0. The van der Waals surface area contributed by atoms with E-state index >= 15 is 0 Å². The molecule has 0 saturated heterocycles. The average molecular weight is 476 g/mol. The van der Waals surface area contributed by atoms with Gasteiger partial charge in [0.25, 0.3) is 0 Å². The topological polar surface area (TPSA) is 52.6 Å². The van der Waals surface area contributed by atoms with Crippen LogP contribution in [0.5, 0.6) is 0 Å². The molecule has 0 aromatic carbocycles. The van der Waals surface area contributed by atoms with Gasteiger partial charge in [0.15, 0.2) is 0 Å². The first-order valence-corrected chi connectivity index (χ1v) is 19.6. The molecule has 4 nitrogen and oxygen atoms in total. The Morgan fingerprint density at radius 1 is 0.870 bits per heavy atom. The van der Waals surface area contributed by atoms with Gasteiger partial charge in [-0.2, -0.15) is 0 Å². The van der Waals surface area contributed by atoms with Crippen molar-refractivity contribution in [2.45, 2.75) is 61.2 Å². The second-order valence-corrected chi connectivity index (χ2v) is 24.2. The number of unbranched alkanes of at least 4 members (excludes halogenated alkanes) is 2. The van der Waals surface area contributed by atoms with E-state index in [2.05, 4.69) is 13.8 Å². The summed E-state index contributed by atoms with van der Waals surface area (Å²) in [7, 11) is 16.1. The Hall–Kier alpha value is 0.319. The number of methoxy groups -OCH3 is 2. The van der Waals surface area contributed by atoms with Gasteiger partial charge in [0.1, 0.15) is 0 Å². The molecular weight excluding hydrogens is 446 g/mol. The molecule has 0 aromatic heterocycles. The van der Waals surface area contributed by atoms with Gasteiger partial charge in [0.05, 0.1) is 0 Å². The molecule has 7 heteroatoms. The summed E-state index contributed by atoms with van der Waals surface area (Å²) in [5.74, 6) is -1.00. The molecule has 0 aliphatic carbocycles. The van der Waals surface area contributed by atoms with Gasteiger partial charge in [0.2, 0.25) is 0 Å². The molecule has 0 aliphatic heterocycles. The van der Waals surface area contributed by atoms with E-state index in [1.807, 2.05) is 0 Å². The second-order valence-electron chi connectivity index (χ2n) is 5.99. The maximum atomic E-state index is 11.9. The van der Waals surface area contributed by atoms with Crippen molar-refractivity contribution in [2.24, 2.45) is 11.8 Å². The van der Waals surface area contributed by atoms with Crippen molar-refractivity contribution < 1.29 is 19.1 Å². The summed E-state index contributed by atoms with van der Waals surface area (Å²) in [6.07, 6.45) is 5.35. The van der Waals surface area contributed by atoms with Crippen LogP contribution in [0.25, 0.3) is 0 Å². The molecule has 0 amide bonds. The first kappa shape index (κ1) is 23.3. The number of hydrogen-bond donors (Lipinski definition) is 0. The van der Waals surface area contributed by atoms with Crippen LogP contribution in [0.4, 0.5) is 0 Å². The quantitative estimate of drug-likeness (QED) is 0.298. The minimum atomic E-state index is -3.56. The maximum absolute atomic E-state index is 11.9. The normalized spacial score (nSPS) is 14.2. The van der Waals surface area contributed by atoms with Gasteiger partial charge in [0, 0.05) is 0 Å². The van der Waals surface area contributed by atoms with Crippen molar-refractivity contribution >= 4 is 45.9 Å². The summed E-state index contributed by atoms with van der Waals surface area (Å²) in [4.78, 5) is 23.9. The molecule has 0 spiro atoms. The number of esters is 2. The van der Waals surface area contributed by atoms with Crippen LogP contribution in [0, 0.1) is 11.8 Å². The van der Waals surface area contributed by atoms with E-state index in [0.717, 1.165) is 38.5 Å². The van der Waals surface area contributed by atoms with Crippen LogP contribution in [-0.4, -0.2) is 42.3 Å². The van der Waals surface area contributed by atoms with Gasteiger partial charge in [-0.1, -0.05) is 0 Å². The monoisotopic (exact) mass is 476 g/mol. The van der Waals surface area contributed by atoms with Crippen LogP contribution in [0.2, 0.25) is 8.87 Å². The third-order valence-corrected chi connectivity index (χ3v) is 14.3. The van der Waals surface area contributed by atoms with Gasteiger partial charge < -0.3 is 0 Å². The fourth-order valence-corrected chi connectivity index (χ4v) is 14.4. The van der Waals surface area contributed by atoms with Crippen molar-refractivity contribution in [3.8, 4) is 0 Å². The molecule has 0 rings (SSSR count). The van der Waals surface area contributed by atoms with Crippen molar-refractivity contribution in [3.05, 3.63) is 0 Å². The third kappa shape index (κ3) is 10.0. The van der Waals surface area contributed by atoms with Crippen molar-refractivity contribution in [1.29, 1.82) is 0 Å². The number of halogens is 2. The Labute approximate surface area is 151 Å². The molecule has 0 aliphatic rings. The zero-order chi connectivity index (χ0) is 17.9. The Morgan fingerprint density at radius 3 is 1.48 bits per heavy atom. The van der Waals surface area contributed by atoms with Crippen LogP contribution >= 0.6 is 17.8 Å². The number of carbonyl (C=O) groups is 2. The van der Waals surface area contributed by atoms with Gasteiger partial charge in [-0.15, -0.1) is 0 Å². The fraction of sp³-hybridized carbons (Fsp3) is 0.875. The predicted molar refractivity (Wildman–Crippen MR) is 97.1 cm³/mol. The molecular formula is C16H30Cl2O4Sn. The Balaban J connectivity index is 4.87. The molecule has 0 bridgehead atoms. The molecule has 0 aromatic rings. The van der Waals surface area contributed by atoms with Gasteiger partial charge in [-0.3, -0.25) is 0 Å². The Bertz CT molecular complexity index is 332. The number of carbonyl (C=O) groups excluding carboxylic acids is 2. The molecule has 23 heavy (non-hydrogen) atoms. The molecule has 0 heterocycles. The number of hydrogen-bond acceptors (Lipinski definition) is 4. The second kappa shape index (κ2) is 12.6. The molecule has 0 fully saturated rings. The fourth-order valence-electron chi connectivity index (χ4n) is 2.65. The zero-order valence-corrected chi connectivity index (χ0v) is 19.1. The minimum absolute atomic E-state index is 0.246. The van der Waals surface area contributed by atoms with Crippen molar-refractivity contribution in [3.63, 3.8) is 0 Å². The molecule has 136 valence electrons. The molecule has 0 saturated carbocycles. The van der Waals surface area contributed by atoms with E-state index in [1.165, 1.54) is 14.2 Å².